The van der Waals surface area contributed by atoms with Crippen molar-refractivity contribution in [1.82, 2.24) is 0 Å². The summed E-state index contributed by atoms with van der Waals surface area (Å²) in [6, 6.07) is 19.0. The van der Waals surface area contributed by atoms with Crippen molar-refractivity contribution >= 4 is 11.8 Å². The summed E-state index contributed by atoms with van der Waals surface area (Å²) in [6.45, 7) is 0. The molecule has 1 fully saturated rings. The molecular formula is C28H26O8. The molecule has 1 aliphatic heterocycles. The van der Waals surface area contributed by atoms with Gasteiger partial charge in [0, 0.05) is 17.7 Å². The third-order valence-electron chi connectivity index (χ3n) is 7.18. The lowest BCUT2D eigenvalue weighted by Crippen LogP contribution is -2.51. The molecule has 36 heavy (non-hydrogen) atoms. The summed E-state index contributed by atoms with van der Waals surface area (Å²) in [5, 5.41) is 12.4. The van der Waals surface area contributed by atoms with Gasteiger partial charge in [-0.1, -0.05) is 42.5 Å². The van der Waals surface area contributed by atoms with Crippen molar-refractivity contribution in [2.24, 2.45) is 5.92 Å². The highest BCUT2D eigenvalue weighted by Crippen LogP contribution is 2.66. The summed E-state index contributed by atoms with van der Waals surface area (Å²) in [6.07, 6.45) is 0. The van der Waals surface area contributed by atoms with E-state index in [1.54, 1.807) is 61.7 Å². The van der Waals surface area contributed by atoms with Gasteiger partial charge in [-0.05, 0) is 17.7 Å². The molecule has 0 spiro atoms. The second-order valence-corrected chi connectivity index (χ2v) is 8.75. The lowest BCUT2D eigenvalue weighted by Gasteiger charge is -2.40. The van der Waals surface area contributed by atoms with E-state index in [-0.39, 0.29) is 17.1 Å². The minimum Gasteiger partial charge on any atom is -0.497 e. The largest absolute Gasteiger partial charge is 0.497 e. The predicted octanol–water partition coefficient (Wildman–Crippen LogP) is 3.34. The highest BCUT2D eigenvalue weighted by Gasteiger charge is 2.77. The Kier molecular flexibility index (Phi) is 5.64. The first kappa shape index (κ1) is 23.7. The lowest BCUT2D eigenvalue weighted by atomic mass is 9.75. The zero-order valence-electron chi connectivity index (χ0n) is 20.3. The van der Waals surface area contributed by atoms with E-state index in [0.29, 0.717) is 22.6 Å². The van der Waals surface area contributed by atoms with Gasteiger partial charge in [0.05, 0.1) is 39.9 Å². The number of Topliss-reactive ketones (excluding diaryl/α,β-unsaturated/α-hetero) is 1. The zero-order chi connectivity index (χ0) is 25.7. The van der Waals surface area contributed by atoms with Gasteiger partial charge in [-0.2, -0.15) is 0 Å². The molecule has 3 aromatic rings. The molecule has 2 bridgehead atoms. The minimum atomic E-state index is -2.31. The van der Waals surface area contributed by atoms with Gasteiger partial charge in [0.25, 0.3) is 0 Å². The third kappa shape index (κ3) is 3.04. The highest BCUT2D eigenvalue weighted by atomic mass is 16.5. The van der Waals surface area contributed by atoms with E-state index in [4.69, 9.17) is 23.7 Å². The summed E-state index contributed by atoms with van der Waals surface area (Å²) in [5.74, 6) is -2.37. The van der Waals surface area contributed by atoms with Crippen LogP contribution in [0.2, 0.25) is 0 Å². The summed E-state index contributed by atoms with van der Waals surface area (Å²) in [7, 11) is 5.67. The van der Waals surface area contributed by atoms with Crippen LogP contribution in [0.3, 0.4) is 0 Å². The van der Waals surface area contributed by atoms with Crippen LogP contribution in [0.15, 0.2) is 66.7 Å². The molecule has 0 unspecified atom stereocenters. The molecule has 1 N–H and O–H groups in total. The van der Waals surface area contributed by atoms with Crippen LogP contribution >= 0.6 is 0 Å². The maximum Gasteiger partial charge on any atom is 0.313 e. The molecule has 0 saturated heterocycles. The van der Waals surface area contributed by atoms with Crippen LogP contribution in [0.1, 0.15) is 22.6 Å². The highest BCUT2D eigenvalue weighted by molar-refractivity contribution is 6.07. The summed E-state index contributed by atoms with van der Waals surface area (Å²) in [5.41, 5.74) is -2.91. The number of ether oxygens (including phenoxy) is 5. The first-order valence-electron chi connectivity index (χ1n) is 11.4. The molecule has 3 aromatic carbocycles. The quantitative estimate of drug-likeness (QED) is 0.525. The molecule has 0 radical (unpaired) electrons. The Balaban J connectivity index is 1.90. The number of hydrogen-bond donors (Lipinski definition) is 1. The molecule has 186 valence electrons. The number of aliphatic hydroxyl groups is 1. The first-order chi connectivity index (χ1) is 17.4. The number of hydrogen-bond acceptors (Lipinski definition) is 8. The molecule has 0 amide bonds. The fourth-order valence-corrected chi connectivity index (χ4v) is 5.62. The second-order valence-electron chi connectivity index (χ2n) is 8.75. The number of methoxy groups -OCH3 is 4. The third-order valence-corrected chi connectivity index (χ3v) is 7.18. The van der Waals surface area contributed by atoms with Gasteiger partial charge in [-0.15, -0.1) is 0 Å². The fraction of sp³-hybridized carbons (Fsp3) is 0.286. The van der Waals surface area contributed by atoms with Crippen molar-refractivity contribution in [2.45, 2.75) is 17.1 Å². The topological polar surface area (TPSA) is 101 Å². The van der Waals surface area contributed by atoms with E-state index in [1.165, 1.54) is 27.4 Å². The lowest BCUT2D eigenvalue weighted by molar-refractivity contribution is -0.162. The average molecular weight is 491 g/mol. The average Bonchev–Trinajstić information content (AvgIpc) is 3.05. The molecule has 0 aromatic heterocycles. The Labute approximate surface area is 208 Å². The van der Waals surface area contributed by atoms with Crippen molar-refractivity contribution in [3.8, 4) is 23.0 Å². The van der Waals surface area contributed by atoms with Gasteiger partial charge >= 0.3 is 5.97 Å². The Bertz CT molecular complexity index is 1320. The van der Waals surface area contributed by atoms with Gasteiger partial charge in [0.1, 0.15) is 28.9 Å². The van der Waals surface area contributed by atoms with Crippen molar-refractivity contribution in [3.63, 3.8) is 0 Å². The van der Waals surface area contributed by atoms with Gasteiger partial charge in [0.2, 0.25) is 11.4 Å². The summed E-state index contributed by atoms with van der Waals surface area (Å²) >= 11 is 0. The van der Waals surface area contributed by atoms with Crippen LogP contribution in [0.4, 0.5) is 0 Å². The predicted molar refractivity (Wildman–Crippen MR) is 128 cm³/mol. The summed E-state index contributed by atoms with van der Waals surface area (Å²) < 4.78 is 28.0. The molecular weight excluding hydrogens is 464 g/mol. The zero-order valence-corrected chi connectivity index (χ0v) is 20.3. The molecule has 1 heterocycles. The molecule has 2 aliphatic rings. The van der Waals surface area contributed by atoms with Crippen molar-refractivity contribution < 1.29 is 38.4 Å². The molecule has 8 heteroatoms. The number of benzene rings is 3. The fourth-order valence-electron chi connectivity index (χ4n) is 5.62. The normalized spacial score (nSPS) is 26.0. The number of carbonyl (C=O) groups excluding carboxylic acids is 2. The van der Waals surface area contributed by atoms with Gasteiger partial charge in [-0.3, -0.25) is 9.59 Å². The van der Waals surface area contributed by atoms with Gasteiger partial charge < -0.3 is 28.8 Å². The Morgan fingerprint density at radius 2 is 1.56 bits per heavy atom. The van der Waals surface area contributed by atoms with Crippen molar-refractivity contribution in [2.75, 3.05) is 28.4 Å². The number of ketones is 1. The van der Waals surface area contributed by atoms with E-state index in [1.807, 2.05) is 6.07 Å². The van der Waals surface area contributed by atoms with Crippen molar-refractivity contribution in [3.05, 3.63) is 83.4 Å². The maximum absolute atomic E-state index is 14.5. The maximum atomic E-state index is 14.5. The van der Waals surface area contributed by atoms with E-state index < -0.39 is 34.8 Å². The van der Waals surface area contributed by atoms with Crippen LogP contribution < -0.4 is 18.9 Å². The molecule has 4 atom stereocenters. The number of carbonyl (C=O) groups is 2. The van der Waals surface area contributed by atoms with Crippen LogP contribution in [0, 0.1) is 5.92 Å². The Morgan fingerprint density at radius 3 is 2.14 bits per heavy atom. The first-order valence-corrected chi connectivity index (χ1v) is 11.4. The van der Waals surface area contributed by atoms with Crippen LogP contribution in [0.5, 0.6) is 23.0 Å². The minimum absolute atomic E-state index is 0.0637. The van der Waals surface area contributed by atoms with Gasteiger partial charge in [0.15, 0.2) is 5.60 Å². The molecule has 8 nitrogen and oxygen atoms in total. The van der Waals surface area contributed by atoms with Crippen molar-refractivity contribution in [1.29, 1.82) is 0 Å². The van der Waals surface area contributed by atoms with Crippen LogP contribution in [-0.2, 0) is 25.5 Å². The van der Waals surface area contributed by atoms with E-state index >= 15 is 0 Å². The van der Waals surface area contributed by atoms with E-state index in [0.717, 1.165) is 0 Å². The van der Waals surface area contributed by atoms with Gasteiger partial charge in [-0.25, -0.2) is 0 Å². The standard InChI is InChI=1S/C28H26O8/c1-32-18-12-10-17(11-13-18)28-22(16-8-6-5-7-9-16)24(25(29)35-4)27(31,26(28)30)23-20(34-3)14-19(33-2)15-21(23)36-28/h5-15,22,24,31H,1-4H3/t22-,24+,27+,28+/m1/s1. The van der Waals surface area contributed by atoms with Crippen LogP contribution in [-0.4, -0.2) is 45.3 Å². The smallest absolute Gasteiger partial charge is 0.313 e. The number of fused-ring (bicyclic) bond motifs is 4. The monoisotopic (exact) mass is 490 g/mol. The van der Waals surface area contributed by atoms with E-state index in [9.17, 15) is 14.7 Å². The number of rotatable bonds is 6. The Morgan fingerprint density at radius 1 is 0.889 bits per heavy atom. The summed E-state index contributed by atoms with van der Waals surface area (Å²) in [4.78, 5) is 27.9. The second kappa shape index (κ2) is 8.57. The molecule has 5 rings (SSSR count). The molecule has 1 aliphatic carbocycles. The van der Waals surface area contributed by atoms with E-state index in [2.05, 4.69) is 0 Å². The SMILES string of the molecule is COC(=O)[C@@H]1[C@@H](c2ccccc2)[C@]2(c3ccc(OC)cc3)Oc3cc(OC)cc(OC)c3[C@@]1(O)C2=O. The number of esters is 1. The Hall–Kier alpha value is -4.04. The van der Waals surface area contributed by atoms with Crippen LogP contribution in [0.25, 0.3) is 0 Å². The molecule has 1 saturated carbocycles.